The first-order valence-electron chi connectivity index (χ1n) is 7.47. The second-order valence-electron chi connectivity index (χ2n) is 4.88. The van der Waals surface area contributed by atoms with Gasteiger partial charge in [0.2, 0.25) is 5.91 Å². The maximum atomic E-state index is 11.6. The van der Waals surface area contributed by atoms with Crippen molar-refractivity contribution in [3.8, 4) is 0 Å². The van der Waals surface area contributed by atoms with Crippen LogP contribution in [0.2, 0.25) is 0 Å². The number of hydrogen-bond donors (Lipinski definition) is 4. The third kappa shape index (κ3) is 5.55. The first kappa shape index (κ1) is 17.2. The molecule has 0 radical (unpaired) electrons. The molecule has 0 saturated carbocycles. The van der Waals surface area contributed by atoms with E-state index in [2.05, 4.69) is 33.0 Å². The van der Waals surface area contributed by atoms with E-state index in [4.69, 9.17) is 5.84 Å². The van der Waals surface area contributed by atoms with Gasteiger partial charge in [-0.3, -0.25) is 4.79 Å². The van der Waals surface area contributed by atoms with E-state index in [-0.39, 0.29) is 5.91 Å². The Bertz CT molecular complexity index is 463. The van der Waals surface area contributed by atoms with E-state index in [1.165, 1.54) is 0 Å². The van der Waals surface area contributed by atoms with Crippen LogP contribution in [0.3, 0.4) is 0 Å². The van der Waals surface area contributed by atoms with Gasteiger partial charge < -0.3 is 16.1 Å². The molecule has 1 aromatic heterocycles. The van der Waals surface area contributed by atoms with Gasteiger partial charge in [-0.05, 0) is 19.8 Å². The summed E-state index contributed by atoms with van der Waals surface area (Å²) in [6.07, 6.45) is 3.11. The van der Waals surface area contributed by atoms with Crippen LogP contribution in [0.25, 0.3) is 0 Å². The molecule has 118 valence electrons. The number of rotatable bonds is 9. The molecule has 0 aliphatic heterocycles. The molecule has 0 aliphatic carbocycles. The van der Waals surface area contributed by atoms with Crippen LogP contribution in [-0.4, -0.2) is 29.0 Å². The van der Waals surface area contributed by atoms with Gasteiger partial charge in [0.25, 0.3) is 0 Å². The zero-order chi connectivity index (χ0) is 15.7. The normalized spacial score (nSPS) is 10.3. The van der Waals surface area contributed by atoms with Gasteiger partial charge in [-0.15, -0.1) is 0 Å². The summed E-state index contributed by atoms with van der Waals surface area (Å²) in [5.74, 6) is 7.62. The highest BCUT2D eigenvalue weighted by molar-refractivity contribution is 5.76. The number of nitrogen functional groups attached to an aromatic ring is 1. The summed E-state index contributed by atoms with van der Waals surface area (Å²) in [4.78, 5) is 20.4. The Balaban J connectivity index is 2.64. The Labute approximate surface area is 126 Å². The van der Waals surface area contributed by atoms with E-state index < -0.39 is 0 Å². The smallest absolute Gasteiger partial charge is 0.221 e. The quantitative estimate of drug-likeness (QED) is 0.405. The van der Waals surface area contributed by atoms with Crippen molar-refractivity contribution in [2.45, 2.75) is 46.5 Å². The number of nitrogens with zero attached hydrogens (tertiary/aromatic N) is 2. The number of nitrogens with one attached hydrogen (secondary N) is 3. The summed E-state index contributed by atoms with van der Waals surface area (Å²) in [6.45, 7) is 7.24. The fourth-order valence-electron chi connectivity index (χ4n) is 1.86. The van der Waals surface area contributed by atoms with Gasteiger partial charge in [-0.2, -0.15) is 0 Å². The highest BCUT2D eigenvalue weighted by atomic mass is 16.1. The van der Waals surface area contributed by atoms with Crippen LogP contribution in [0.5, 0.6) is 0 Å². The van der Waals surface area contributed by atoms with Crippen LogP contribution < -0.4 is 21.9 Å². The molecule has 21 heavy (non-hydrogen) atoms. The molecule has 0 aromatic carbocycles. The zero-order valence-electron chi connectivity index (χ0n) is 13.1. The van der Waals surface area contributed by atoms with E-state index >= 15 is 0 Å². The first-order valence-corrected chi connectivity index (χ1v) is 7.47. The van der Waals surface area contributed by atoms with Gasteiger partial charge >= 0.3 is 0 Å². The summed E-state index contributed by atoms with van der Waals surface area (Å²) in [5, 5.41) is 6.03. The number of aromatic nitrogens is 2. The first-order chi connectivity index (χ1) is 10.1. The molecule has 0 bridgehead atoms. The van der Waals surface area contributed by atoms with Crippen molar-refractivity contribution in [3.63, 3.8) is 0 Å². The highest BCUT2D eigenvalue weighted by Crippen LogP contribution is 2.19. The number of carbonyl (C=O) groups is 1. The Morgan fingerprint density at radius 3 is 2.48 bits per heavy atom. The van der Waals surface area contributed by atoms with Gasteiger partial charge in [0.1, 0.15) is 17.5 Å². The lowest BCUT2D eigenvalue weighted by Crippen LogP contribution is -2.26. The molecule has 1 rings (SSSR count). The molecule has 1 heterocycles. The number of anilines is 2. The summed E-state index contributed by atoms with van der Waals surface area (Å²) in [6, 6.07) is 0. The van der Waals surface area contributed by atoms with Crippen LogP contribution in [0.4, 0.5) is 11.6 Å². The predicted octanol–water partition coefficient (Wildman–Crippen LogP) is 1.35. The second-order valence-corrected chi connectivity index (χ2v) is 4.88. The average molecular weight is 294 g/mol. The summed E-state index contributed by atoms with van der Waals surface area (Å²) in [5.41, 5.74) is 3.44. The number of amides is 1. The lowest BCUT2D eigenvalue weighted by atomic mass is 10.2. The predicted molar refractivity (Wildman–Crippen MR) is 85.0 cm³/mol. The molecule has 0 aliphatic rings. The molecular formula is C14H26N6O. The molecule has 0 spiro atoms. The van der Waals surface area contributed by atoms with Gasteiger partial charge in [0.15, 0.2) is 0 Å². The highest BCUT2D eigenvalue weighted by Gasteiger charge is 2.10. The minimum atomic E-state index is 0.0435. The van der Waals surface area contributed by atoms with E-state index in [1.54, 1.807) is 0 Å². The Morgan fingerprint density at radius 1 is 1.14 bits per heavy atom. The Hall–Kier alpha value is -1.89. The maximum absolute atomic E-state index is 11.6. The maximum Gasteiger partial charge on any atom is 0.221 e. The van der Waals surface area contributed by atoms with Crippen molar-refractivity contribution in [1.29, 1.82) is 0 Å². The van der Waals surface area contributed by atoms with Crippen molar-refractivity contribution in [2.24, 2.45) is 5.84 Å². The largest absolute Gasteiger partial charge is 0.369 e. The van der Waals surface area contributed by atoms with Crippen LogP contribution in [0, 0.1) is 6.92 Å². The minimum Gasteiger partial charge on any atom is -0.369 e. The molecule has 0 saturated heterocycles. The molecule has 0 unspecified atom stereocenters. The van der Waals surface area contributed by atoms with E-state index in [9.17, 15) is 4.79 Å². The third-order valence-electron chi connectivity index (χ3n) is 3.02. The molecule has 7 heteroatoms. The van der Waals surface area contributed by atoms with Crippen molar-refractivity contribution in [3.05, 3.63) is 11.4 Å². The molecule has 1 aromatic rings. The standard InChI is InChI=1S/C14H26N6O/c1-4-6-11-18-13(10(3)14(19-11)20-15)17-9-7-12(21)16-8-5-2/h4-9,15H2,1-3H3,(H,16,21)(H2,17,18,19,20). The van der Waals surface area contributed by atoms with E-state index in [0.29, 0.717) is 25.3 Å². The SMILES string of the molecule is CCCNC(=O)CCNc1nc(CCC)nc(NN)c1C. The zero-order valence-corrected chi connectivity index (χ0v) is 13.1. The molecule has 0 atom stereocenters. The van der Waals surface area contributed by atoms with Crippen LogP contribution in [0.1, 0.15) is 44.5 Å². The number of aryl methyl sites for hydroxylation is 1. The molecular weight excluding hydrogens is 268 g/mol. The van der Waals surface area contributed by atoms with Gasteiger partial charge in [0.05, 0.1) is 0 Å². The fraction of sp³-hybridized carbons (Fsp3) is 0.643. The average Bonchev–Trinajstić information content (AvgIpc) is 2.48. The van der Waals surface area contributed by atoms with Crippen LogP contribution in [-0.2, 0) is 11.2 Å². The van der Waals surface area contributed by atoms with Crippen molar-refractivity contribution >= 4 is 17.5 Å². The molecule has 1 amide bonds. The number of nitrogens with two attached hydrogens (primary N) is 1. The van der Waals surface area contributed by atoms with Crippen molar-refractivity contribution in [2.75, 3.05) is 23.8 Å². The molecule has 0 fully saturated rings. The van der Waals surface area contributed by atoms with Crippen molar-refractivity contribution in [1.82, 2.24) is 15.3 Å². The minimum absolute atomic E-state index is 0.0435. The number of hydrazine groups is 1. The topological polar surface area (TPSA) is 105 Å². The number of carbonyl (C=O) groups excluding carboxylic acids is 1. The van der Waals surface area contributed by atoms with Gasteiger partial charge in [0, 0.05) is 31.5 Å². The third-order valence-corrected chi connectivity index (χ3v) is 3.02. The summed E-state index contributed by atoms with van der Waals surface area (Å²) in [7, 11) is 0. The monoisotopic (exact) mass is 294 g/mol. The lowest BCUT2D eigenvalue weighted by Gasteiger charge is -2.13. The van der Waals surface area contributed by atoms with Gasteiger partial charge in [-0.25, -0.2) is 15.8 Å². The summed E-state index contributed by atoms with van der Waals surface area (Å²) < 4.78 is 0. The van der Waals surface area contributed by atoms with Gasteiger partial charge in [-0.1, -0.05) is 13.8 Å². The Kier molecular flexibility index (Phi) is 7.45. The van der Waals surface area contributed by atoms with E-state index in [0.717, 1.165) is 36.5 Å². The molecule has 5 N–H and O–H groups in total. The second kappa shape index (κ2) is 9.12. The fourth-order valence-corrected chi connectivity index (χ4v) is 1.86. The summed E-state index contributed by atoms with van der Waals surface area (Å²) >= 11 is 0. The van der Waals surface area contributed by atoms with Crippen LogP contribution >= 0.6 is 0 Å². The lowest BCUT2D eigenvalue weighted by molar-refractivity contribution is -0.120. The van der Waals surface area contributed by atoms with E-state index in [1.807, 2.05) is 13.8 Å². The number of hydrogen-bond acceptors (Lipinski definition) is 6. The van der Waals surface area contributed by atoms with Crippen LogP contribution in [0.15, 0.2) is 0 Å². The molecule has 7 nitrogen and oxygen atoms in total. The van der Waals surface area contributed by atoms with Crippen molar-refractivity contribution < 1.29 is 4.79 Å². The Morgan fingerprint density at radius 2 is 1.86 bits per heavy atom.